The molecule has 0 atom stereocenters. The monoisotopic (exact) mass is 317 g/mol. The molecule has 1 fully saturated rings. The van der Waals surface area contributed by atoms with E-state index in [1.165, 1.54) is 4.70 Å². The molecular formula is C17H23N3OS. The lowest BCUT2D eigenvalue weighted by atomic mass is 10.2. The van der Waals surface area contributed by atoms with Crippen LogP contribution in [0.15, 0.2) is 24.3 Å². The molecule has 1 saturated heterocycles. The molecule has 0 unspecified atom stereocenters. The van der Waals surface area contributed by atoms with Gasteiger partial charge in [0.15, 0.2) is 0 Å². The molecule has 0 N–H and O–H groups in total. The van der Waals surface area contributed by atoms with Gasteiger partial charge in [-0.25, -0.2) is 4.98 Å². The predicted octanol–water partition coefficient (Wildman–Crippen LogP) is 2.78. The van der Waals surface area contributed by atoms with E-state index in [1.54, 1.807) is 11.3 Å². The standard InChI is InChI=1S/C17H23N3OS/c1-2-19-10-5-11-20(13-12-19)17(21)9-8-16-18-14-6-3-4-7-15(14)22-16/h3-4,6-7H,2,5,8-13H2,1H3. The van der Waals surface area contributed by atoms with Gasteiger partial charge < -0.3 is 9.80 Å². The fourth-order valence-electron chi connectivity index (χ4n) is 2.94. The van der Waals surface area contributed by atoms with Crippen molar-refractivity contribution in [2.75, 3.05) is 32.7 Å². The molecule has 3 rings (SSSR count). The molecule has 1 amide bonds. The summed E-state index contributed by atoms with van der Waals surface area (Å²) in [5.41, 5.74) is 1.04. The van der Waals surface area contributed by atoms with Crippen molar-refractivity contribution >= 4 is 27.5 Å². The van der Waals surface area contributed by atoms with Crippen molar-refractivity contribution < 1.29 is 4.79 Å². The Morgan fingerprint density at radius 1 is 1.23 bits per heavy atom. The van der Waals surface area contributed by atoms with E-state index in [0.717, 1.165) is 56.1 Å². The van der Waals surface area contributed by atoms with Crippen LogP contribution < -0.4 is 0 Å². The third kappa shape index (κ3) is 3.65. The highest BCUT2D eigenvalue weighted by molar-refractivity contribution is 7.18. The molecule has 118 valence electrons. The largest absolute Gasteiger partial charge is 0.341 e. The maximum Gasteiger partial charge on any atom is 0.223 e. The molecule has 0 spiro atoms. The number of nitrogens with zero attached hydrogens (tertiary/aromatic N) is 3. The number of carbonyl (C=O) groups excluding carboxylic acids is 1. The number of thiazole rings is 1. The lowest BCUT2D eigenvalue weighted by Crippen LogP contribution is -2.35. The zero-order valence-corrected chi connectivity index (χ0v) is 13.9. The lowest BCUT2D eigenvalue weighted by molar-refractivity contribution is -0.131. The molecule has 0 saturated carbocycles. The second kappa shape index (κ2) is 7.20. The Morgan fingerprint density at radius 2 is 2.09 bits per heavy atom. The Kier molecular flexibility index (Phi) is 5.05. The van der Waals surface area contributed by atoms with Gasteiger partial charge in [-0.3, -0.25) is 4.79 Å². The van der Waals surface area contributed by atoms with Crippen LogP contribution in [0.3, 0.4) is 0 Å². The van der Waals surface area contributed by atoms with Gasteiger partial charge in [-0.15, -0.1) is 11.3 Å². The molecule has 1 aromatic carbocycles. The Hall–Kier alpha value is -1.46. The average Bonchev–Trinajstić information content (AvgIpc) is 2.80. The number of para-hydroxylation sites is 1. The number of amides is 1. The number of fused-ring (bicyclic) bond motifs is 1. The number of hydrogen-bond acceptors (Lipinski definition) is 4. The van der Waals surface area contributed by atoms with Gasteiger partial charge in [-0.05, 0) is 31.6 Å². The second-order valence-corrected chi connectivity index (χ2v) is 6.86. The average molecular weight is 317 g/mol. The summed E-state index contributed by atoms with van der Waals surface area (Å²) >= 11 is 1.70. The van der Waals surface area contributed by atoms with Crippen LogP contribution in [-0.2, 0) is 11.2 Å². The van der Waals surface area contributed by atoms with Gasteiger partial charge in [0.1, 0.15) is 0 Å². The molecule has 2 aromatic rings. The van der Waals surface area contributed by atoms with Crippen LogP contribution in [0.1, 0.15) is 24.8 Å². The first kappa shape index (κ1) is 15.4. The highest BCUT2D eigenvalue weighted by Gasteiger charge is 2.18. The topological polar surface area (TPSA) is 36.4 Å². The lowest BCUT2D eigenvalue weighted by Gasteiger charge is -2.21. The third-order valence-electron chi connectivity index (χ3n) is 4.28. The minimum atomic E-state index is 0.275. The summed E-state index contributed by atoms with van der Waals surface area (Å²) in [5.74, 6) is 0.275. The summed E-state index contributed by atoms with van der Waals surface area (Å²) < 4.78 is 1.21. The fraction of sp³-hybridized carbons (Fsp3) is 0.529. The molecule has 0 aliphatic carbocycles. The summed E-state index contributed by atoms with van der Waals surface area (Å²) in [6.07, 6.45) is 2.42. The molecule has 0 bridgehead atoms. The summed E-state index contributed by atoms with van der Waals surface area (Å²) in [5, 5.41) is 1.07. The maximum atomic E-state index is 12.4. The highest BCUT2D eigenvalue weighted by Crippen LogP contribution is 2.22. The molecule has 0 radical (unpaired) electrons. The van der Waals surface area contributed by atoms with Gasteiger partial charge in [0.25, 0.3) is 0 Å². The van der Waals surface area contributed by atoms with Crippen molar-refractivity contribution in [3.8, 4) is 0 Å². The number of hydrogen-bond donors (Lipinski definition) is 0. The fourth-order valence-corrected chi connectivity index (χ4v) is 3.90. The van der Waals surface area contributed by atoms with Crippen molar-refractivity contribution in [3.63, 3.8) is 0 Å². The maximum absolute atomic E-state index is 12.4. The van der Waals surface area contributed by atoms with E-state index in [0.29, 0.717) is 6.42 Å². The van der Waals surface area contributed by atoms with Crippen molar-refractivity contribution in [3.05, 3.63) is 29.3 Å². The quantitative estimate of drug-likeness (QED) is 0.870. The number of likely N-dealkylation sites (N-methyl/N-ethyl adjacent to an activating group) is 1. The smallest absolute Gasteiger partial charge is 0.223 e. The molecule has 1 aromatic heterocycles. The Balaban J connectivity index is 1.55. The Labute approximate surface area is 135 Å². The predicted molar refractivity (Wildman–Crippen MR) is 91.3 cm³/mol. The van der Waals surface area contributed by atoms with Crippen LogP contribution in [-0.4, -0.2) is 53.4 Å². The normalized spacial score (nSPS) is 16.9. The molecule has 4 nitrogen and oxygen atoms in total. The van der Waals surface area contributed by atoms with Crippen molar-refractivity contribution in [2.24, 2.45) is 0 Å². The van der Waals surface area contributed by atoms with Crippen molar-refractivity contribution in [2.45, 2.75) is 26.2 Å². The van der Waals surface area contributed by atoms with E-state index < -0.39 is 0 Å². The minimum Gasteiger partial charge on any atom is -0.341 e. The second-order valence-electron chi connectivity index (χ2n) is 5.74. The van der Waals surface area contributed by atoms with E-state index in [2.05, 4.69) is 22.9 Å². The highest BCUT2D eigenvalue weighted by atomic mass is 32.1. The van der Waals surface area contributed by atoms with Crippen LogP contribution >= 0.6 is 11.3 Å². The van der Waals surface area contributed by atoms with Crippen LogP contribution in [0, 0.1) is 0 Å². The molecule has 2 heterocycles. The SMILES string of the molecule is CCN1CCCN(C(=O)CCc2nc3ccccc3s2)CC1. The Morgan fingerprint density at radius 3 is 2.91 bits per heavy atom. The van der Waals surface area contributed by atoms with Gasteiger partial charge in [0, 0.05) is 32.5 Å². The summed E-state index contributed by atoms with van der Waals surface area (Å²) in [6, 6.07) is 8.16. The first-order valence-corrected chi connectivity index (χ1v) is 8.92. The number of benzene rings is 1. The Bertz CT molecular complexity index is 607. The van der Waals surface area contributed by atoms with E-state index in [-0.39, 0.29) is 5.91 Å². The van der Waals surface area contributed by atoms with Gasteiger partial charge in [-0.1, -0.05) is 19.1 Å². The van der Waals surface area contributed by atoms with Gasteiger partial charge >= 0.3 is 0 Å². The summed E-state index contributed by atoms with van der Waals surface area (Å²) in [4.78, 5) is 21.5. The summed E-state index contributed by atoms with van der Waals surface area (Å²) in [7, 11) is 0. The molecule has 1 aliphatic heterocycles. The number of aryl methyl sites for hydroxylation is 1. The van der Waals surface area contributed by atoms with E-state index in [4.69, 9.17) is 0 Å². The number of aromatic nitrogens is 1. The van der Waals surface area contributed by atoms with E-state index in [9.17, 15) is 4.79 Å². The van der Waals surface area contributed by atoms with Gasteiger partial charge in [0.05, 0.1) is 15.2 Å². The minimum absolute atomic E-state index is 0.275. The van der Waals surface area contributed by atoms with Crippen LogP contribution in [0.25, 0.3) is 10.2 Å². The zero-order chi connectivity index (χ0) is 15.4. The first-order chi connectivity index (χ1) is 10.8. The molecule has 22 heavy (non-hydrogen) atoms. The third-order valence-corrected chi connectivity index (χ3v) is 5.38. The van der Waals surface area contributed by atoms with Crippen LogP contribution in [0.2, 0.25) is 0 Å². The molecular weight excluding hydrogens is 294 g/mol. The van der Waals surface area contributed by atoms with E-state index >= 15 is 0 Å². The van der Waals surface area contributed by atoms with Crippen molar-refractivity contribution in [1.82, 2.24) is 14.8 Å². The number of carbonyl (C=O) groups is 1. The van der Waals surface area contributed by atoms with Crippen LogP contribution in [0.4, 0.5) is 0 Å². The van der Waals surface area contributed by atoms with Gasteiger partial charge in [-0.2, -0.15) is 0 Å². The zero-order valence-electron chi connectivity index (χ0n) is 13.1. The van der Waals surface area contributed by atoms with Crippen molar-refractivity contribution in [1.29, 1.82) is 0 Å². The van der Waals surface area contributed by atoms with Gasteiger partial charge in [0.2, 0.25) is 5.91 Å². The van der Waals surface area contributed by atoms with E-state index in [1.807, 2.05) is 23.1 Å². The molecule has 1 aliphatic rings. The first-order valence-electron chi connectivity index (χ1n) is 8.11. The molecule has 5 heteroatoms. The number of rotatable bonds is 4. The summed E-state index contributed by atoms with van der Waals surface area (Å²) in [6.45, 7) is 7.14. The van der Waals surface area contributed by atoms with Crippen LogP contribution in [0.5, 0.6) is 0 Å².